The Morgan fingerprint density at radius 1 is 0.812 bits per heavy atom. The Morgan fingerprint density at radius 3 is 1.75 bits per heavy atom. The van der Waals surface area contributed by atoms with Gasteiger partial charge in [-0.2, -0.15) is 0 Å². The second kappa shape index (κ2) is 13.1. The third kappa shape index (κ3) is 8.00. The lowest BCUT2D eigenvalue weighted by Crippen LogP contribution is -2.42. The summed E-state index contributed by atoms with van der Waals surface area (Å²) in [6, 6.07) is 19.5. The third-order valence-electron chi connectivity index (χ3n) is 4.53. The standard InChI is InChI=1S/C25H30N2O5/c1-4-31-24(29)19-27(18-23(20(3)28)25(30)32-5-2)26(16-21-12-8-6-9-13-21)17-22-14-10-7-11-15-22/h6-15,18H,4-5,16-17,19H2,1-3H3/b23-18+. The van der Waals surface area contributed by atoms with Gasteiger partial charge < -0.3 is 14.5 Å². The number of rotatable bonds is 12. The normalized spacial score (nSPS) is 11.2. The minimum atomic E-state index is -0.728. The molecule has 0 aliphatic heterocycles. The van der Waals surface area contributed by atoms with Gasteiger partial charge in [0.25, 0.3) is 0 Å². The Balaban J connectivity index is 2.47. The van der Waals surface area contributed by atoms with E-state index in [-0.39, 0.29) is 25.3 Å². The minimum absolute atomic E-state index is 0.137. The van der Waals surface area contributed by atoms with Crippen LogP contribution in [-0.4, -0.2) is 47.5 Å². The summed E-state index contributed by atoms with van der Waals surface area (Å²) in [5.41, 5.74) is 1.87. The molecule has 2 aromatic carbocycles. The van der Waals surface area contributed by atoms with Crippen LogP contribution >= 0.6 is 0 Å². The van der Waals surface area contributed by atoms with Crippen molar-refractivity contribution < 1.29 is 23.9 Å². The van der Waals surface area contributed by atoms with E-state index >= 15 is 0 Å². The molecule has 0 heterocycles. The molecule has 0 aliphatic carbocycles. The average molecular weight is 439 g/mol. The van der Waals surface area contributed by atoms with Crippen molar-refractivity contribution in [3.8, 4) is 0 Å². The number of ether oxygens (including phenoxy) is 2. The second-order valence-electron chi connectivity index (χ2n) is 7.02. The first-order chi connectivity index (χ1) is 15.4. The maximum absolute atomic E-state index is 12.4. The highest BCUT2D eigenvalue weighted by Gasteiger charge is 2.23. The Bertz CT molecular complexity index is 871. The summed E-state index contributed by atoms with van der Waals surface area (Å²) in [5.74, 6) is -1.65. The van der Waals surface area contributed by atoms with Gasteiger partial charge in [-0.15, -0.1) is 0 Å². The van der Waals surface area contributed by atoms with Crippen molar-refractivity contribution in [2.24, 2.45) is 0 Å². The molecule has 2 rings (SSSR count). The zero-order valence-corrected chi connectivity index (χ0v) is 18.8. The van der Waals surface area contributed by atoms with Crippen molar-refractivity contribution in [2.45, 2.75) is 33.9 Å². The van der Waals surface area contributed by atoms with Gasteiger partial charge in [0.15, 0.2) is 5.78 Å². The number of carbonyl (C=O) groups excluding carboxylic acids is 3. The van der Waals surface area contributed by atoms with Crippen molar-refractivity contribution in [1.82, 2.24) is 10.0 Å². The number of ketones is 1. The number of hydrogen-bond donors (Lipinski definition) is 0. The van der Waals surface area contributed by atoms with Crippen molar-refractivity contribution in [1.29, 1.82) is 0 Å². The first-order valence-corrected chi connectivity index (χ1v) is 10.6. The van der Waals surface area contributed by atoms with E-state index in [1.807, 2.05) is 65.7 Å². The van der Waals surface area contributed by atoms with Gasteiger partial charge in [-0.05, 0) is 31.9 Å². The van der Waals surface area contributed by atoms with Gasteiger partial charge in [0.05, 0.1) is 13.2 Å². The molecule has 32 heavy (non-hydrogen) atoms. The zero-order valence-electron chi connectivity index (χ0n) is 18.8. The fraction of sp³-hybridized carbons (Fsp3) is 0.320. The SMILES string of the molecule is CCOC(=O)CN(/C=C(\C(C)=O)C(=O)OCC)N(Cc1ccccc1)Cc1ccccc1. The van der Waals surface area contributed by atoms with E-state index in [0.717, 1.165) is 11.1 Å². The number of esters is 2. The monoisotopic (exact) mass is 438 g/mol. The van der Waals surface area contributed by atoms with E-state index in [0.29, 0.717) is 13.1 Å². The highest BCUT2D eigenvalue weighted by atomic mass is 16.5. The van der Waals surface area contributed by atoms with Crippen molar-refractivity contribution in [3.05, 3.63) is 83.6 Å². The van der Waals surface area contributed by atoms with Gasteiger partial charge in [-0.25, -0.2) is 9.80 Å². The van der Waals surface area contributed by atoms with Gasteiger partial charge in [0.1, 0.15) is 12.1 Å². The second-order valence-corrected chi connectivity index (χ2v) is 7.02. The molecule has 0 unspecified atom stereocenters. The summed E-state index contributed by atoms with van der Waals surface area (Å²) in [4.78, 5) is 37.0. The van der Waals surface area contributed by atoms with Crippen LogP contribution in [-0.2, 0) is 36.9 Å². The minimum Gasteiger partial charge on any atom is -0.465 e. The first kappa shape index (κ1) is 24.8. The molecule has 2 aromatic rings. The molecule has 0 saturated carbocycles. The van der Waals surface area contributed by atoms with Crippen LogP contribution in [0.25, 0.3) is 0 Å². The Labute approximate surface area is 189 Å². The van der Waals surface area contributed by atoms with E-state index in [2.05, 4.69) is 0 Å². The molecule has 0 aromatic heterocycles. The lowest BCUT2D eigenvalue weighted by atomic mass is 10.2. The molecule has 0 atom stereocenters. The molecular formula is C25H30N2O5. The Hall–Kier alpha value is -3.45. The number of carbonyl (C=O) groups is 3. The van der Waals surface area contributed by atoms with Gasteiger partial charge in [0, 0.05) is 19.3 Å². The molecular weight excluding hydrogens is 408 g/mol. The number of Topliss-reactive ketones (excluding diaryl/α,β-unsaturated/α-hetero) is 1. The highest BCUT2D eigenvalue weighted by molar-refractivity contribution is 6.16. The van der Waals surface area contributed by atoms with Gasteiger partial charge in [-0.1, -0.05) is 60.7 Å². The predicted molar refractivity (Wildman–Crippen MR) is 121 cm³/mol. The van der Waals surface area contributed by atoms with Crippen molar-refractivity contribution in [2.75, 3.05) is 19.8 Å². The van der Waals surface area contributed by atoms with E-state index < -0.39 is 17.7 Å². The third-order valence-corrected chi connectivity index (χ3v) is 4.53. The Morgan fingerprint density at radius 2 is 1.31 bits per heavy atom. The summed E-state index contributed by atoms with van der Waals surface area (Å²) in [6.45, 7) is 5.78. The van der Waals surface area contributed by atoms with Gasteiger partial charge in [0.2, 0.25) is 0 Å². The molecule has 0 aliphatic rings. The van der Waals surface area contributed by atoms with Crippen LogP contribution in [0.5, 0.6) is 0 Å². The van der Waals surface area contributed by atoms with E-state index in [1.54, 1.807) is 18.9 Å². The maximum Gasteiger partial charge on any atom is 0.343 e. The van der Waals surface area contributed by atoms with E-state index in [9.17, 15) is 14.4 Å². The van der Waals surface area contributed by atoms with Crippen LogP contribution in [0.4, 0.5) is 0 Å². The smallest absolute Gasteiger partial charge is 0.343 e. The number of hydrazine groups is 1. The van der Waals surface area contributed by atoms with Crippen LogP contribution in [0, 0.1) is 0 Å². The van der Waals surface area contributed by atoms with Crippen LogP contribution in [0.15, 0.2) is 72.4 Å². The lowest BCUT2D eigenvalue weighted by Gasteiger charge is -2.34. The summed E-state index contributed by atoms with van der Waals surface area (Å²) in [7, 11) is 0. The van der Waals surface area contributed by atoms with Crippen LogP contribution in [0.3, 0.4) is 0 Å². The Kier molecular flexibility index (Phi) is 10.1. The maximum atomic E-state index is 12.4. The quantitative estimate of drug-likeness (QED) is 0.165. The number of nitrogens with zero attached hydrogens (tertiary/aromatic N) is 2. The van der Waals surface area contributed by atoms with E-state index in [4.69, 9.17) is 9.47 Å². The van der Waals surface area contributed by atoms with Crippen molar-refractivity contribution in [3.63, 3.8) is 0 Å². The molecule has 0 spiro atoms. The molecule has 0 bridgehead atoms. The zero-order chi connectivity index (χ0) is 23.3. The summed E-state index contributed by atoms with van der Waals surface area (Å²) < 4.78 is 10.2. The molecule has 170 valence electrons. The highest BCUT2D eigenvalue weighted by Crippen LogP contribution is 2.16. The fourth-order valence-corrected chi connectivity index (χ4v) is 3.04. The largest absolute Gasteiger partial charge is 0.465 e. The molecule has 0 fully saturated rings. The van der Waals surface area contributed by atoms with E-state index in [1.165, 1.54) is 13.1 Å². The van der Waals surface area contributed by atoms with Crippen LogP contribution < -0.4 is 0 Å². The average Bonchev–Trinajstić information content (AvgIpc) is 2.77. The van der Waals surface area contributed by atoms with Gasteiger partial charge in [-0.3, -0.25) is 9.59 Å². The summed E-state index contributed by atoms with van der Waals surface area (Å²) in [5, 5.41) is 3.45. The van der Waals surface area contributed by atoms with Crippen LogP contribution in [0.2, 0.25) is 0 Å². The van der Waals surface area contributed by atoms with Crippen molar-refractivity contribution >= 4 is 17.7 Å². The molecule has 0 saturated heterocycles. The molecule has 0 amide bonds. The number of hydrogen-bond acceptors (Lipinski definition) is 7. The molecule has 0 N–H and O–H groups in total. The molecule has 7 heteroatoms. The molecule has 0 radical (unpaired) electrons. The lowest BCUT2D eigenvalue weighted by molar-refractivity contribution is -0.149. The fourth-order valence-electron chi connectivity index (χ4n) is 3.04. The topological polar surface area (TPSA) is 76.1 Å². The molecule has 7 nitrogen and oxygen atoms in total. The number of benzene rings is 2. The van der Waals surface area contributed by atoms with Gasteiger partial charge >= 0.3 is 11.9 Å². The first-order valence-electron chi connectivity index (χ1n) is 10.6. The van der Waals surface area contributed by atoms with Crippen LogP contribution in [0.1, 0.15) is 31.9 Å². The predicted octanol–water partition coefficient (Wildman–Crippen LogP) is 3.50. The summed E-state index contributed by atoms with van der Waals surface area (Å²) >= 11 is 0. The summed E-state index contributed by atoms with van der Waals surface area (Å²) in [6.07, 6.45) is 1.38.